The predicted molar refractivity (Wildman–Crippen MR) is 80.3 cm³/mol. The molecule has 106 valence electrons. The first-order valence-corrected chi connectivity index (χ1v) is 7.59. The van der Waals surface area contributed by atoms with Gasteiger partial charge in [-0.3, -0.25) is 0 Å². The molecule has 0 aliphatic heterocycles. The Morgan fingerprint density at radius 3 is 2.37 bits per heavy atom. The maximum atomic E-state index is 6.51. The van der Waals surface area contributed by atoms with Gasteiger partial charge in [0, 0.05) is 11.6 Å². The van der Waals surface area contributed by atoms with E-state index >= 15 is 0 Å². The molecule has 1 saturated carbocycles. The molecule has 1 unspecified atom stereocenters. The second-order valence-corrected chi connectivity index (χ2v) is 6.25. The van der Waals surface area contributed by atoms with Gasteiger partial charge in [0.05, 0.1) is 6.10 Å². The lowest BCUT2D eigenvalue weighted by atomic mass is 9.77. The van der Waals surface area contributed by atoms with E-state index in [0.29, 0.717) is 5.92 Å². The second-order valence-electron chi connectivity index (χ2n) is 6.25. The summed E-state index contributed by atoms with van der Waals surface area (Å²) >= 11 is 0. The highest BCUT2D eigenvalue weighted by atomic mass is 16.5. The average molecular weight is 261 g/mol. The lowest BCUT2D eigenvalue weighted by molar-refractivity contribution is 0.226. The summed E-state index contributed by atoms with van der Waals surface area (Å²) in [7, 11) is 0. The summed E-state index contributed by atoms with van der Waals surface area (Å²) in [5.74, 6) is 2.43. The fourth-order valence-electron chi connectivity index (χ4n) is 3.02. The molecular formula is C17H27NO. The van der Waals surface area contributed by atoms with Crippen molar-refractivity contribution >= 4 is 0 Å². The molecule has 0 radical (unpaired) electrons. The van der Waals surface area contributed by atoms with Crippen LogP contribution >= 0.6 is 0 Å². The van der Waals surface area contributed by atoms with Crippen LogP contribution in [0.25, 0.3) is 0 Å². The van der Waals surface area contributed by atoms with Crippen molar-refractivity contribution in [1.29, 1.82) is 0 Å². The monoisotopic (exact) mass is 261 g/mol. The van der Waals surface area contributed by atoms with Crippen LogP contribution in [0.5, 0.6) is 5.75 Å². The predicted octanol–water partition coefficient (Wildman–Crippen LogP) is 4.30. The van der Waals surface area contributed by atoms with Gasteiger partial charge < -0.3 is 10.5 Å². The third kappa shape index (κ3) is 3.73. The van der Waals surface area contributed by atoms with Gasteiger partial charge in [0.25, 0.3) is 0 Å². The molecule has 0 aromatic heterocycles. The number of hydrogen-bond donors (Lipinski definition) is 1. The van der Waals surface area contributed by atoms with Crippen molar-refractivity contribution in [3.8, 4) is 5.75 Å². The summed E-state index contributed by atoms with van der Waals surface area (Å²) in [6.07, 6.45) is 5.31. The lowest BCUT2D eigenvalue weighted by Crippen LogP contribution is -2.26. The minimum atomic E-state index is 0.113. The number of ether oxygens (including phenoxy) is 1. The molecule has 2 N–H and O–H groups in total. The second kappa shape index (κ2) is 6.42. The highest BCUT2D eigenvalue weighted by molar-refractivity contribution is 5.36. The zero-order chi connectivity index (χ0) is 13.8. The molecule has 1 aromatic rings. The molecule has 0 heterocycles. The Morgan fingerprint density at radius 1 is 1.11 bits per heavy atom. The van der Waals surface area contributed by atoms with Gasteiger partial charge in [0.2, 0.25) is 0 Å². The van der Waals surface area contributed by atoms with Crippen LogP contribution in [0.15, 0.2) is 24.3 Å². The Hall–Kier alpha value is -1.02. The topological polar surface area (TPSA) is 35.2 Å². The minimum Gasteiger partial charge on any atom is -0.491 e. The number of benzene rings is 1. The fourth-order valence-corrected chi connectivity index (χ4v) is 3.02. The van der Waals surface area contributed by atoms with Crippen molar-refractivity contribution in [1.82, 2.24) is 0 Å². The Balaban J connectivity index is 2.11. The molecule has 0 spiro atoms. The Labute approximate surface area is 117 Å². The van der Waals surface area contributed by atoms with Gasteiger partial charge in [-0.25, -0.2) is 0 Å². The SMILES string of the molecule is CC1CCC(C(N)c2ccccc2OC(C)C)CC1. The minimum absolute atomic E-state index is 0.113. The number of rotatable bonds is 4. The molecule has 1 atom stereocenters. The average Bonchev–Trinajstić information content (AvgIpc) is 2.39. The van der Waals surface area contributed by atoms with Crippen molar-refractivity contribution in [3.05, 3.63) is 29.8 Å². The highest BCUT2D eigenvalue weighted by Crippen LogP contribution is 2.38. The first kappa shape index (κ1) is 14.4. The number of para-hydroxylation sites is 1. The van der Waals surface area contributed by atoms with Crippen LogP contribution in [0.1, 0.15) is 58.1 Å². The summed E-state index contributed by atoms with van der Waals surface area (Å²) in [6.45, 7) is 6.47. The first-order chi connectivity index (χ1) is 9.08. The van der Waals surface area contributed by atoms with E-state index in [9.17, 15) is 0 Å². The van der Waals surface area contributed by atoms with E-state index in [1.165, 1.54) is 31.2 Å². The molecule has 1 aliphatic rings. The largest absolute Gasteiger partial charge is 0.491 e. The van der Waals surface area contributed by atoms with Crippen LogP contribution in [0.4, 0.5) is 0 Å². The fraction of sp³-hybridized carbons (Fsp3) is 0.647. The number of nitrogens with two attached hydrogens (primary N) is 1. The van der Waals surface area contributed by atoms with Crippen LogP contribution in [0, 0.1) is 11.8 Å². The van der Waals surface area contributed by atoms with E-state index in [4.69, 9.17) is 10.5 Å². The van der Waals surface area contributed by atoms with E-state index in [2.05, 4.69) is 32.9 Å². The zero-order valence-electron chi connectivity index (χ0n) is 12.4. The van der Waals surface area contributed by atoms with Crippen LogP contribution in [0.3, 0.4) is 0 Å². The van der Waals surface area contributed by atoms with Crippen molar-refractivity contribution in [2.45, 2.75) is 58.6 Å². The Morgan fingerprint density at radius 2 is 1.74 bits per heavy atom. The van der Waals surface area contributed by atoms with Crippen LogP contribution in [-0.4, -0.2) is 6.10 Å². The van der Waals surface area contributed by atoms with Crippen molar-refractivity contribution in [3.63, 3.8) is 0 Å². The molecule has 1 aromatic carbocycles. The summed E-state index contributed by atoms with van der Waals surface area (Å²) in [5.41, 5.74) is 7.69. The van der Waals surface area contributed by atoms with E-state index in [1.54, 1.807) is 0 Å². The summed E-state index contributed by atoms with van der Waals surface area (Å²) in [4.78, 5) is 0. The van der Waals surface area contributed by atoms with Crippen LogP contribution < -0.4 is 10.5 Å². The maximum Gasteiger partial charge on any atom is 0.124 e. The molecule has 2 heteroatoms. The molecule has 1 aliphatic carbocycles. The maximum absolute atomic E-state index is 6.51. The summed E-state index contributed by atoms with van der Waals surface area (Å²) in [5, 5.41) is 0. The van der Waals surface area contributed by atoms with Gasteiger partial charge in [0.15, 0.2) is 0 Å². The third-order valence-corrected chi connectivity index (χ3v) is 4.21. The molecule has 2 nitrogen and oxygen atoms in total. The standard InChI is InChI=1S/C17H27NO/c1-12(2)19-16-7-5-4-6-15(16)17(18)14-10-8-13(3)9-11-14/h4-7,12-14,17H,8-11,18H2,1-3H3. The summed E-state index contributed by atoms with van der Waals surface area (Å²) < 4.78 is 5.90. The molecular weight excluding hydrogens is 234 g/mol. The van der Waals surface area contributed by atoms with Crippen molar-refractivity contribution < 1.29 is 4.74 Å². The first-order valence-electron chi connectivity index (χ1n) is 7.59. The van der Waals surface area contributed by atoms with E-state index in [1.807, 2.05) is 12.1 Å². The molecule has 2 rings (SSSR count). The van der Waals surface area contributed by atoms with Gasteiger partial charge in [-0.15, -0.1) is 0 Å². The van der Waals surface area contributed by atoms with Gasteiger partial charge in [0.1, 0.15) is 5.75 Å². The van der Waals surface area contributed by atoms with Gasteiger partial charge in [-0.2, -0.15) is 0 Å². The molecule has 1 fully saturated rings. The smallest absolute Gasteiger partial charge is 0.124 e. The Bertz CT molecular complexity index is 394. The molecule has 0 bridgehead atoms. The Kier molecular flexibility index (Phi) is 4.87. The normalized spacial score (nSPS) is 25.3. The highest BCUT2D eigenvalue weighted by Gasteiger charge is 2.26. The zero-order valence-corrected chi connectivity index (χ0v) is 12.4. The third-order valence-electron chi connectivity index (χ3n) is 4.21. The van der Waals surface area contributed by atoms with Crippen LogP contribution in [-0.2, 0) is 0 Å². The molecule has 19 heavy (non-hydrogen) atoms. The quantitative estimate of drug-likeness (QED) is 0.877. The molecule has 0 saturated heterocycles. The van der Waals surface area contributed by atoms with Crippen molar-refractivity contribution in [2.24, 2.45) is 17.6 Å². The van der Waals surface area contributed by atoms with Crippen molar-refractivity contribution in [2.75, 3.05) is 0 Å². The van der Waals surface area contributed by atoms with E-state index < -0.39 is 0 Å². The van der Waals surface area contributed by atoms with E-state index in [0.717, 1.165) is 11.7 Å². The van der Waals surface area contributed by atoms with Gasteiger partial charge in [-0.1, -0.05) is 38.0 Å². The van der Waals surface area contributed by atoms with E-state index in [-0.39, 0.29) is 12.1 Å². The summed E-state index contributed by atoms with van der Waals surface area (Å²) in [6, 6.07) is 8.37. The van der Waals surface area contributed by atoms with Crippen LogP contribution in [0.2, 0.25) is 0 Å². The molecule has 0 amide bonds. The van der Waals surface area contributed by atoms with Gasteiger partial charge in [-0.05, 0) is 44.6 Å². The lowest BCUT2D eigenvalue weighted by Gasteiger charge is -2.31. The van der Waals surface area contributed by atoms with Gasteiger partial charge >= 0.3 is 0 Å². The number of hydrogen-bond acceptors (Lipinski definition) is 2.